The Kier molecular flexibility index (Phi) is 20.5. The summed E-state index contributed by atoms with van der Waals surface area (Å²) in [6.07, 6.45) is 12.4. The second kappa shape index (κ2) is 20.3. The second-order valence-electron chi connectivity index (χ2n) is 7.72. The fourth-order valence-electron chi connectivity index (χ4n) is 2.98. The topological polar surface area (TPSA) is 30.9 Å². The highest BCUT2D eigenvalue weighted by Gasteiger charge is 2.40. The van der Waals surface area contributed by atoms with Crippen LogP contribution in [-0.2, 0) is 13.3 Å². The van der Waals surface area contributed by atoms with E-state index in [2.05, 4.69) is 45.2 Å². The first kappa shape index (κ1) is 29.3. The lowest BCUT2D eigenvalue weighted by molar-refractivity contribution is 0.0555. The summed E-state index contributed by atoms with van der Waals surface area (Å²) < 4.78 is 19.7. The predicted molar refractivity (Wildman–Crippen MR) is 135 cm³/mol. The number of unbranched alkanes of at least 4 members (excludes halogenated alkanes) is 6. The van der Waals surface area contributed by atoms with Crippen molar-refractivity contribution >= 4 is 38.0 Å². The van der Waals surface area contributed by atoms with E-state index in [4.69, 9.17) is 25.5 Å². The SMILES string of the molecule is CCCCCCN(CCC[Si](OCCCC)(OCCCC)OCCCC)C(=S)S. The summed E-state index contributed by atoms with van der Waals surface area (Å²) in [7, 11) is -2.65. The molecule has 0 unspecified atom stereocenters. The molecule has 0 fully saturated rings. The molecule has 7 heteroatoms. The molecule has 174 valence electrons. The number of rotatable bonds is 21. The van der Waals surface area contributed by atoms with Gasteiger partial charge in [-0.15, -0.1) is 12.6 Å². The van der Waals surface area contributed by atoms with E-state index in [1.165, 1.54) is 25.7 Å². The molecule has 0 N–H and O–H groups in total. The Morgan fingerprint density at radius 2 is 1.14 bits per heavy atom. The molecule has 0 aliphatic heterocycles. The molecule has 0 aliphatic carbocycles. The van der Waals surface area contributed by atoms with Crippen LogP contribution >= 0.6 is 24.8 Å². The molecular weight excluding hydrogens is 418 g/mol. The fraction of sp³-hybridized carbons (Fsp3) is 0.955. The molecule has 0 rings (SSSR count). The van der Waals surface area contributed by atoms with Crippen LogP contribution in [0.2, 0.25) is 6.04 Å². The largest absolute Gasteiger partial charge is 0.501 e. The first-order valence-electron chi connectivity index (χ1n) is 11.9. The van der Waals surface area contributed by atoms with Crippen LogP contribution in [-0.4, -0.2) is 50.9 Å². The van der Waals surface area contributed by atoms with Crippen molar-refractivity contribution in [3.8, 4) is 0 Å². The van der Waals surface area contributed by atoms with Gasteiger partial charge in [0.2, 0.25) is 0 Å². The van der Waals surface area contributed by atoms with Gasteiger partial charge in [-0.1, -0.05) is 78.4 Å². The smallest absolute Gasteiger partial charge is 0.373 e. The summed E-state index contributed by atoms with van der Waals surface area (Å²) >= 11 is 9.81. The first-order chi connectivity index (χ1) is 14.0. The van der Waals surface area contributed by atoms with Gasteiger partial charge in [-0.25, -0.2) is 0 Å². The lowest BCUT2D eigenvalue weighted by Crippen LogP contribution is -2.47. The molecule has 0 radical (unpaired) electrons. The van der Waals surface area contributed by atoms with E-state index < -0.39 is 8.80 Å². The molecule has 0 amide bonds. The van der Waals surface area contributed by atoms with E-state index in [-0.39, 0.29) is 0 Å². The quantitative estimate of drug-likeness (QED) is 0.0865. The Bertz CT molecular complexity index is 363. The maximum absolute atomic E-state index is 6.34. The lowest BCUT2D eigenvalue weighted by atomic mass is 10.2. The number of thiocarbonyl (C=S) groups is 1. The highest BCUT2D eigenvalue weighted by atomic mass is 32.1. The van der Waals surface area contributed by atoms with Crippen LogP contribution < -0.4 is 0 Å². The van der Waals surface area contributed by atoms with E-state index in [0.717, 1.165) is 83.9 Å². The Labute approximate surface area is 193 Å². The molecule has 29 heavy (non-hydrogen) atoms. The van der Waals surface area contributed by atoms with Crippen LogP contribution in [0.25, 0.3) is 0 Å². The van der Waals surface area contributed by atoms with Gasteiger partial charge in [-0.05, 0) is 32.1 Å². The Morgan fingerprint density at radius 1 is 0.690 bits per heavy atom. The molecular formula is C22H47NO3S2Si. The molecule has 0 atom stereocenters. The molecule has 0 spiro atoms. The van der Waals surface area contributed by atoms with Crippen molar-refractivity contribution in [3.05, 3.63) is 0 Å². The third-order valence-electron chi connectivity index (χ3n) is 4.92. The zero-order valence-electron chi connectivity index (χ0n) is 19.5. The van der Waals surface area contributed by atoms with E-state index in [0.29, 0.717) is 4.32 Å². The summed E-state index contributed by atoms with van der Waals surface area (Å²) in [4.78, 5) is 2.22. The molecule has 0 aliphatic rings. The van der Waals surface area contributed by atoms with Gasteiger partial charge in [-0.2, -0.15) is 0 Å². The van der Waals surface area contributed by atoms with E-state index in [9.17, 15) is 0 Å². The highest BCUT2D eigenvalue weighted by molar-refractivity contribution is 8.10. The van der Waals surface area contributed by atoms with Crippen LogP contribution in [0, 0.1) is 0 Å². The average molecular weight is 466 g/mol. The second-order valence-corrected chi connectivity index (χ2v) is 11.6. The van der Waals surface area contributed by atoms with Crippen LogP contribution in [0.15, 0.2) is 0 Å². The van der Waals surface area contributed by atoms with Crippen LogP contribution in [0.4, 0.5) is 0 Å². The molecule has 4 nitrogen and oxygen atoms in total. The zero-order valence-corrected chi connectivity index (χ0v) is 22.3. The number of thiol groups is 1. The van der Waals surface area contributed by atoms with Gasteiger partial charge in [-0.3, -0.25) is 0 Å². The van der Waals surface area contributed by atoms with Crippen LogP contribution in [0.1, 0.15) is 98.3 Å². The standard InChI is InChI=1S/C22H47NO3S2Si/c1-5-9-13-14-16-23(22(27)28)17-15-21-29(24-18-10-6-2,25-19-11-7-3)26-20-12-8-4/h5-21H2,1-4H3,(H,27,28). The van der Waals surface area contributed by atoms with Crippen molar-refractivity contribution < 1.29 is 13.3 Å². The van der Waals surface area contributed by atoms with Gasteiger partial charge < -0.3 is 18.2 Å². The van der Waals surface area contributed by atoms with Crippen molar-refractivity contribution in [1.82, 2.24) is 4.90 Å². The van der Waals surface area contributed by atoms with Gasteiger partial charge in [0, 0.05) is 39.0 Å². The predicted octanol–water partition coefficient (Wildman–Crippen LogP) is 6.86. The number of hydrogen-bond donors (Lipinski definition) is 1. The highest BCUT2D eigenvalue weighted by Crippen LogP contribution is 2.21. The summed E-state index contributed by atoms with van der Waals surface area (Å²) in [6, 6.07) is 0.853. The summed E-state index contributed by atoms with van der Waals surface area (Å²) in [5, 5.41) is 0. The molecule has 0 saturated heterocycles. The van der Waals surface area contributed by atoms with E-state index >= 15 is 0 Å². The van der Waals surface area contributed by atoms with Crippen molar-refractivity contribution in [1.29, 1.82) is 0 Å². The third-order valence-corrected chi connectivity index (χ3v) is 8.36. The summed E-state index contributed by atoms with van der Waals surface area (Å²) in [5.74, 6) is 0. The molecule has 0 aromatic heterocycles. The zero-order chi connectivity index (χ0) is 21.8. The molecule has 0 saturated carbocycles. The van der Waals surface area contributed by atoms with Gasteiger partial charge in [0.15, 0.2) is 0 Å². The Hall–Kier alpha value is 0.337. The molecule has 0 bridgehead atoms. The maximum Gasteiger partial charge on any atom is 0.501 e. The fourth-order valence-corrected chi connectivity index (χ4v) is 6.00. The normalized spacial score (nSPS) is 11.8. The number of nitrogens with zero attached hydrogens (tertiary/aromatic N) is 1. The molecule has 0 aromatic rings. The van der Waals surface area contributed by atoms with Gasteiger partial charge in [0.05, 0.1) is 0 Å². The van der Waals surface area contributed by atoms with E-state index in [1.54, 1.807) is 0 Å². The van der Waals surface area contributed by atoms with Crippen molar-refractivity contribution in [3.63, 3.8) is 0 Å². The summed E-state index contributed by atoms with van der Waals surface area (Å²) in [6.45, 7) is 12.9. The minimum atomic E-state index is -2.65. The van der Waals surface area contributed by atoms with Crippen LogP contribution in [0.5, 0.6) is 0 Å². The monoisotopic (exact) mass is 465 g/mol. The van der Waals surface area contributed by atoms with Gasteiger partial charge >= 0.3 is 8.80 Å². The maximum atomic E-state index is 6.34. The molecule has 0 aromatic carbocycles. The average Bonchev–Trinajstić information content (AvgIpc) is 2.70. The van der Waals surface area contributed by atoms with E-state index in [1.807, 2.05) is 0 Å². The number of hydrogen-bond acceptors (Lipinski definition) is 4. The Balaban J connectivity index is 4.84. The van der Waals surface area contributed by atoms with Gasteiger partial charge in [0.25, 0.3) is 0 Å². The lowest BCUT2D eigenvalue weighted by Gasteiger charge is -2.31. The minimum absolute atomic E-state index is 0.694. The molecule has 0 heterocycles. The van der Waals surface area contributed by atoms with Crippen LogP contribution in [0.3, 0.4) is 0 Å². The van der Waals surface area contributed by atoms with Crippen molar-refractivity contribution in [2.75, 3.05) is 32.9 Å². The minimum Gasteiger partial charge on any atom is -0.373 e. The first-order valence-corrected chi connectivity index (χ1v) is 14.7. The third kappa shape index (κ3) is 15.7. The Morgan fingerprint density at radius 3 is 1.55 bits per heavy atom. The van der Waals surface area contributed by atoms with Crippen molar-refractivity contribution in [2.24, 2.45) is 0 Å². The van der Waals surface area contributed by atoms with Crippen molar-refractivity contribution in [2.45, 2.75) is 104 Å². The van der Waals surface area contributed by atoms with Gasteiger partial charge in [0.1, 0.15) is 4.32 Å². The summed E-state index contributed by atoms with van der Waals surface area (Å²) in [5.41, 5.74) is 0.